The third kappa shape index (κ3) is 7.38. The monoisotopic (exact) mass is 472 g/mol. The molecule has 0 heterocycles. The standard InChI is InChI=1S/C30H39F3O/c1-3-5-6-9-22-12-14-23(15-13-22)10-7-8-11-25-18-21-27(29(31)28(25)30(32)33)24-16-19-26(20-17-24)34-4-2/h8,11,16-23,30H,3-7,9-10,12-15H2,1-2H3/b11-8+. The fraction of sp³-hybridized carbons (Fsp3) is 0.533. The van der Waals surface area contributed by atoms with E-state index in [1.54, 1.807) is 42.5 Å². The van der Waals surface area contributed by atoms with Gasteiger partial charge < -0.3 is 4.74 Å². The summed E-state index contributed by atoms with van der Waals surface area (Å²) in [4.78, 5) is 0. The number of halogens is 3. The second-order valence-electron chi connectivity index (χ2n) is 9.55. The first kappa shape index (κ1) is 26.4. The molecule has 2 aromatic carbocycles. The van der Waals surface area contributed by atoms with Gasteiger partial charge in [-0.2, -0.15) is 0 Å². The van der Waals surface area contributed by atoms with Crippen LogP contribution in [-0.2, 0) is 0 Å². The van der Waals surface area contributed by atoms with E-state index in [2.05, 4.69) is 6.92 Å². The van der Waals surface area contributed by atoms with Crippen LogP contribution in [0.4, 0.5) is 13.2 Å². The fourth-order valence-corrected chi connectivity index (χ4v) is 5.13. The summed E-state index contributed by atoms with van der Waals surface area (Å²) >= 11 is 0. The number of alkyl halides is 2. The number of unbranched alkanes of at least 4 members (excludes halogenated alkanes) is 2. The van der Waals surface area contributed by atoms with Crippen LogP contribution >= 0.6 is 0 Å². The van der Waals surface area contributed by atoms with E-state index in [9.17, 15) is 8.78 Å². The SMILES string of the molecule is CCCCCC1CCC(CC/C=C/c2ccc(-c3ccc(OCC)cc3)c(F)c2C(F)F)CC1. The number of allylic oxidation sites excluding steroid dienone is 1. The van der Waals surface area contributed by atoms with Gasteiger partial charge in [-0.25, -0.2) is 13.2 Å². The molecular weight excluding hydrogens is 433 g/mol. The van der Waals surface area contributed by atoms with E-state index in [0.717, 1.165) is 24.7 Å². The molecular formula is C30H39F3O. The Morgan fingerprint density at radius 3 is 2.21 bits per heavy atom. The molecule has 34 heavy (non-hydrogen) atoms. The predicted molar refractivity (Wildman–Crippen MR) is 136 cm³/mol. The Labute approximate surface area is 203 Å². The molecule has 0 spiro atoms. The maximum Gasteiger partial charge on any atom is 0.267 e. The molecule has 0 aromatic heterocycles. The van der Waals surface area contributed by atoms with Gasteiger partial charge in [0.25, 0.3) is 6.43 Å². The largest absolute Gasteiger partial charge is 0.494 e. The van der Waals surface area contributed by atoms with E-state index in [1.807, 2.05) is 13.0 Å². The van der Waals surface area contributed by atoms with Gasteiger partial charge >= 0.3 is 0 Å². The van der Waals surface area contributed by atoms with Crippen LogP contribution in [0, 0.1) is 17.7 Å². The highest BCUT2D eigenvalue weighted by molar-refractivity contribution is 5.69. The molecule has 0 bridgehead atoms. The number of ether oxygens (including phenoxy) is 1. The topological polar surface area (TPSA) is 9.23 Å². The fourth-order valence-electron chi connectivity index (χ4n) is 5.13. The zero-order valence-corrected chi connectivity index (χ0v) is 20.7. The molecule has 4 heteroatoms. The summed E-state index contributed by atoms with van der Waals surface area (Å²) in [7, 11) is 0. The third-order valence-corrected chi connectivity index (χ3v) is 7.13. The van der Waals surface area contributed by atoms with Crippen LogP contribution in [0.5, 0.6) is 5.75 Å². The van der Waals surface area contributed by atoms with Gasteiger partial charge in [0.2, 0.25) is 0 Å². The zero-order valence-electron chi connectivity index (χ0n) is 20.7. The van der Waals surface area contributed by atoms with Gasteiger partial charge in [0.1, 0.15) is 11.6 Å². The van der Waals surface area contributed by atoms with Crippen molar-refractivity contribution < 1.29 is 17.9 Å². The lowest BCUT2D eigenvalue weighted by molar-refractivity contribution is 0.146. The minimum absolute atomic E-state index is 0.186. The van der Waals surface area contributed by atoms with Crippen molar-refractivity contribution in [2.45, 2.75) is 84.5 Å². The summed E-state index contributed by atoms with van der Waals surface area (Å²) < 4.78 is 48.1. The molecule has 0 atom stereocenters. The van der Waals surface area contributed by atoms with E-state index in [-0.39, 0.29) is 11.1 Å². The summed E-state index contributed by atoms with van der Waals surface area (Å²) in [6.07, 6.45) is 13.2. The molecule has 186 valence electrons. The molecule has 1 aliphatic carbocycles. The highest BCUT2D eigenvalue weighted by Gasteiger charge is 2.22. The van der Waals surface area contributed by atoms with Gasteiger partial charge in [0, 0.05) is 5.56 Å². The minimum Gasteiger partial charge on any atom is -0.494 e. The number of rotatable bonds is 12. The molecule has 0 unspecified atom stereocenters. The lowest BCUT2D eigenvalue weighted by Crippen LogP contribution is -2.14. The molecule has 0 amide bonds. The molecule has 1 aliphatic rings. The second kappa shape index (κ2) is 13.6. The Hall–Kier alpha value is -2.23. The first-order valence-corrected chi connectivity index (χ1v) is 13.0. The van der Waals surface area contributed by atoms with E-state index < -0.39 is 17.8 Å². The van der Waals surface area contributed by atoms with Crippen LogP contribution in [-0.4, -0.2) is 6.61 Å². The molecule has 3 rings (SSSR count). The average Bonchev–Trinajstić information content (AvgIpc) is 2.83. The van der Waals surface area contributed by atoms with Crippen LogP contribution < -0.4 is 4.74 Å². The Kier molecular flexibility index (Phi) is 10.6. The van der Waals surface area contributed by atoms with E-state index in [4.69, 9.17) is 4.74 Å². The van der Waals surface area contributed by atoms with Crippen LogP contribution in [0.3, 0.4) is 0 Å². The van der Waals surface area contributed by atoms with E-state index in [0.29, 0.717) is 17.9 Å². The maximum atomic E-state index is 15.1. The zero-order chi connectivity index (χ0) is 24.3. The summed E-state index contributed by atoms with van der Waals surface area (Å²) in [5, 5.41) is 0. The van der Waals surface area contributed by atoms with Crippen molar-refractivity contribution in [1.82, 2.24) is 0 Å². The van der Waals surface area contributed by atoms with Gasteiger partial charge in [-0.3, -0.25) is 0 Å². The Balaban J connectivity index is 1.59. The third-order valence-electron chi connectivity index (χ3n) is 7.13. The van der Waals surface area contributed by atoms with Crippen molar-refractivity contribution >= 4 is 6.08 Å². The molecule has 0 saturated heterocycles. The summed E-state index contributed by atoms with van der Waals surface area (Å²) in [6, 6.07) is 10.1. The normalized spacial score (nSPS) is 18.6. The van der Waals surface area contributed by atoms with Gasteiger partial charge in [-0.1, -0.05) is 94.7 Å². The lowest BCUT2D eigenvalue weighted by atomic mass is 9.78. The molecule has 0 radical (unpaired) electrons. The van der Waals surface area contributed by atoms with Crippen molar-refractivity contribution in [3.05, 3.63) is 59.4 Å². The quantitative estimate of drug-likeness (QED) is 0.279. The van der Waals surface area contributed by atoms with Crippen molar-refractivity contribution in [3.8, 4) is 16.9 Å². The molecule has 0 aliphatic heterocycles. The summed E-state index contributed by atoms with van der Waals surface area (Å²) in [5.41, 5.74) is 0.493. The van der Waals surface area contributed by atoms with Crippen molar-refractivity contribution in [2.75, 3.05) is 6.61 Å². The smallest absolute Gasteiger partial charge is 0.267 e. The first-order chi connectivity index (χ1) is 16.5. The van der Waals surface area contributed by atoms with Crippen molar-refractivity contribution in [3.63, 3.8) is 0 Å². The van der Waals surface area contributed by atoms with E-state index in [1.165, 1.54) is 51.4 Å². The second-order valence-corrected chi connectivity index (χ2v) is 9.55. The average molecular weight is 473 g/mol. The Bertz CT molecular complexity index is 896. The Morgan fingerprint density at radius 1 is 0.912 bits per heavy atom. The number of hydrogen-bond donors (Lipinski definition) is 0. The van der Waals surface area contributed by atoms with E-state index >= 15 is 4.39 Å². The molecule has 1 fully saturated rings. The van der Waals surface area contributed by atoms with Crippen molar-refractivity contribution in [2.24, 2.45) is 11.8 Å². The lowest BCUT2D eigenvalue weighted by Gasteiger charge is -2.28. The molecule has 1 saturated carbocycles. The number of hydrogen-bond acceptors (Lipinski definition) is 1. The predicted octanol–water partition coefficient (Wildman–Crippen LogP) is 10.0. The summed E-state index contributed by atoms with van der Waals surface area (Å²) in [6.45, 7) is 4.67. The molecule has 1 nitrogen and oxygen atoms in total. The summed E-state index contributed by atoms with van der Waals surface area (Å²) in [5.74, 6) is 1.44. The van der Waals surface area contributed by atoms with Gasteiger partial charge in [-0.15, -0.1) is 0 Å². The highest BCUT2D eigenvalue weighted by atomic mass is 19.3. The van der Waals surface area contributed by atoms with Gasteiger partial charge in [0.15, 0.2) is 0 Å². The highest BCUT2D eigenvalue weighted by Crippen LogP contribution is 2.36. The van der Waals surface area contributed by atoms with Gasteiger partial charge in [-0.05, 0) is 54.9 Å². The molecule has 2 aromatic rings. The van der Waals surface area contributed by atoms with Crippen LogP contribution in [0.1, 0.15) is 95.6 Å². The molecule has 0 N–H and O–H groups in total. The van der Waals surface area contributed by atoms with Crippen molar-refractivity contribution in [1.29, 1.82) is 0 Å². The Morgan fingerprint density at radius 2 is 1.59 bits per heavy atom. The number of benzene rings is 2. The van der Waals surface area contributed by atoms with Crippen LogP contribution in [0.25, 0.3) is 17.2 Å². The van der Waals surface area contributed by atoms with Crippen LogP contribution in [0.2, 0.25) is 0 Å². The first-order valence-electron chi connectivity index (χ1n) is 13.0. The maximum absolute atomic E-state index is 15.1. The van der Waals surface area contributed by atoms with Crippen LogP contribution in [0.15, 0.2) is 42.5 Å². The van der Waals surface area contributed by atoms with Gasteiger partial charge in [0.05, 0.1) is 12.2 Å². The minimum atomic E-state index is -2.87.